The predicted octanol–water partition coefficient (Wildman–Crippen LogP) is 4.60. The Morgan fingerprint density at radius 1 is 1.17 bits per heavy atom. The number of thioether (sulfide) groups is 1. The van der Waals surface area contributed by atoms with Crippen molar-refractivity contribution in [3.05, 3.63) is 71.4 Å². The van der Waals surface area contributed by atoms with Crippen molar-refractivity contribution in [1.29, 1.82) is 0 Å². The number of H-pyrrole nitrogens is 1. The molecule has 0 saturated carbocycles. The van der Waals surface area contributed by atoms with Crippen LogP contribution in [0.5, 0.6) is 0 Å². The Hall–Kier alpha value is -2.74. The summed E-state index contributed by atoms with van der Waals surface area (Å²) in [7, 11) is 0. The Kier molecular flexibility index (Phi) is 5.85. The molecule has 156 valence electrons. The molecule has 1 aliphatic heterocycles. The first-order valence-electron chi connectivity index (χ1n) is 9.58. The van der Waals surface area contributed by atoms with Gasteiger partial charge in [0, 0.05) is 35.8 Å². The molecular weight excluding hydrogens is 411 g/mol. The maximum atomic E-state index is 12.7. The first-order chi connectivity index (χ1) is 14.4. The third-order valence-corrected chi connectivity index (χ3v) is 6.08. The van der Waals surface area contributed by atoms with E-state index in [0.717, 1.165) is 45.6 Å². The fourth-order valence-electron chi connectivity index (χ4n) is 3.42. The van der Waals surface area contributed by atoms with Crippen LogP contribution in [-0.4, -0.2) is 34.3 Å². The molecule has 1 atom stereocenters. The summed E-state index contributed by atoms with van der Waals surface area (Å²) in [5, 5.41) is 4.86. The third kappa shape index (κ3) is 4.70. The summed E-state index contributed by atoms with van der Waals surface area (Å²) in [5.74, 6) is 0.430. The zero-order chi connectivity index (χ0) is 21.1. The number of carbonyl (C=O) groups excluding carboxylic acids is 1. The highest BCUT2D eigenvalue weighted by molar-refractivity contribution is 8.14. The second-order valence-electron chi connectivity index (χ2n) is 7.12. The number of halogens is 3. The standard InChI is InChI=1S/C22H20F3N3OS/c23-22(24,25)16-7-5-14(6-8-16)11-20-28-19(13-30-20)21(29)26-10-9-15-12-27-18-4-2-1-3-17(15)18/h1-8,12,19,27H,9-11,13H2,(H,26,29)/t19-/m0/s1. The van der Waals surface area contributed by atoms with Crippen molar-refractivity contribution >= 4 is 33.6 Å². The van der Waals surface area contributed by atoms with Crippen LogP contribution in [0.3, 0.4) is 0 Å². The first-order valence-corrected chi connectivity index (χ1v) is 10.6. The van der Waals surface area contributed by atoms with E-state index in [4.69, 9.17) is 0 Å². The number of alkyl halides is 3. The van der Waals surface area contributed by atoms with E-state index >= 15 is 0 Å². The number of nitrogens with zero attached hydrogens (tertiary/aromatic N) is 1. The van der Waals surface area contributed by atoms with Crippen molar-refractivity contribution < 1.29 is 18.0 Å². The lowest BCUT2D eigenvalue weighted by Gasteiger charge is -2.08. The molecular formula is C22H20F3N3OS. The molecule has 0 saturated heterocycles. The zero-order valence-electron chi connectivity index (χ0n) is 16.0. The number of carbonyl (C=O) groups is 1. The number of aromatic amines is 1. The quantitative estimate of drug-likeness (QED) is 0.599. The van der Waals surface area contributed by atoms with Crippen LogP contribution in [0.1, 0.15) is 16.7 Å². The number of hydrogen-bond donors (Lipinski definition) is 2. The molecule has 30 heavy (non-hydrogen) atoms. The molecule has 2 heterocycles. The highest BCUT2D eigenvalue weighted by atomic mass is 32.2. The van der Waals surface area contributed by atoms with Gasteiger partial charge in [-0.25, -0.2) is 0 Å². The number of benzene rings is 2. The SMILES string of the molecule is O=C(NCCc1c[nH]c2ccccc12)[C@@H]1CSC(Cc2ccc(C(F)(F)F)cc2)=N1. The normalized spacial score (nSPS) is 16.6. The lowest BCUT2D eigenvalue weighted by molar-refractivity contribution is -0.137. The van der Waals surface area contributed by atoms with E-state index in [1.165, 1.54) is 23.9 Å². The number of aliphatic imine (C=N–C) groups is 1. The predicted molar refractivity (Wildman–Crippen MR) is 114 cm³/mol. The van der Waals surface area contributed by atoms with Gasteiger partial charge in [0.2, 0.25) is 5.91 Å². The fraction of sp³-hybridized carbons (Fsp3) is 0.273. The molecule has 0 spiro atoms. The van der Waals surface area contributed by atoms with Gasteiger partial charge in [-0.05, 0) is 35.7 Å². The average molecular weight is 431 g/mol. The molecule has 0 bridgehead atoms. The minimum atomic E-state index is -4.34. The maximum Gasteiger partial charge on any atom is 0.416 e. The summed E-state index contributed by atoms with van der Waals surface area (Å²) in [6.45, 7) is 0.519. The molecule has 2 N–H and O–H groups in total. The van der Waals surface area contributed by atoms with E-state index in [2.05, 4.69) is 21.4 Å². The number of amides is 1. The van der Waals surface area contributed by atoms with Crippen molar-refractivity contribution in [3.8, 4) is 0 Å². The Labute approximate surface area is 176 Å². The van der Waals surface area contributed by atoms with Gasteiger partial charge >= 0.3 is 6.18 Å². The Morgan fingerprint density at radius 3 is 2.70 bits per heavy atom. The van der Waals surface area contributed by atoms with E-state index in [9.17, 15) is 18.0 Å². The number of nitrogens with one attached hydrogen (secondary N) is 2. The van der Waals surface area contributed by atoms with Crippen molar-refractivity contribution in [2.24, 2.45) is 4.99 Å². The van der Waals surface area contributed by atoms with Crippen molar-refractivity contribution in [2.75, 3.05) is 12.3 Å². The Morgan fingerprint density at radius 2 is 1.93 bits per heavy atom. The van der Waals surface area contributed by atoms with Gasteiger partial charge < -0.3 is 10.3 Å². The van der Waals surface area contributed by atoms with E-state index < -0.39 is 17.8 Å². The second-order valence-corrected chi connectivity index (χ2v) is 8.21. The molecule has 4 rings (SSSR count). The summed E-state index contributed by atoms with van der Waals surface area (Å²) >= 11 is 1.48. The molecule has 3 aromatic rings. The molecule has 1 amide bonds. The van der Waals surface area contributed by atoms with Crippen LogP contribution >= 0.6 is 11.8 Å². The maximum absolute atomic E-state index is 12.7. The van der Waals surface area contributed by atoms with E-state index in [1.54, 1.807) is 0 Å². The average Bonchev–Trinajstić information content (AvgIpc) is 3.35. The Balaban J connectivity index is 1.29. The summed E-state index contributed by atoms with van der Waals surface area (Å²) in [4.78, 5) is 20.1. The molecule has 1 aliphatic rings. The van der Waals surface area contributed by atoms with Gasteiger partial charge in [-0.3, -0.25) is 9.79 Å². The van der Waals surface area contributed by atoms with Gasteiger partial charge in [-0.1, -0.05) is 30.3 Å². The molecule has 1 aromatic heterocycles. The molecule has 0 fully saturated rings. The van der Waals surface area contributed by atoms with Crippen LogP contribution in [0.2, 0.25) is 0 Å². The van der Waals surface area contributed by atoms with Crippen molar-refractivity contribution in [3.63, 3.8) is 0 Å². The molecule has 0 radical (unpaired) electrons. The number of rotatable bonds is 6. The van der Waals surface area contributed by atoms with Crippen molar-refractivity contribution in [2.45, 2.75) is 25.1 Å². The van der Waals surface area contributed by atoms with Crippen LogP contribution in [0.25, 0.3) is 10.9 Å². The minimum absolute atomic E-state index is 0.121. The van der Waals surface area contributed by atoms with E-state index in [1.807, 2.05) is 24.4 Å². The highest BCUT2D eigenvalue weighted by Crippen LogP contribution is 2.29. The first kappa shape index (κ1) is 20.5. The number of fused-ring (bicyclic) bond motifs is 1. The van der Waals surface area contributed by atoms with Gasteiger partial charge in [0.15, 0.2) is 0 Å². The zero-order valence-corrected chi connectivity index (χ0v) is 16.8. The second kappa shape index (κ2) is 8.55. The van der Waals surface area contributed by atoms with E-state index in [0.29, 0.717) is 18.7 Å². The van der Waals surface area contributed by atoms with Gasteiger partial charge in [-0.2, -0.15) is 13.2 Å². The number of hydrogen-bond acceptors (Lipinski definition) is 3. The van der Waals surface area contributed by atoms with Crippen LogP contribution in [0, 0.1) is 0 Å². The lowest BCUT2D eigenvalue weighted by atomic mass is 10.1. The van der Waals surface area contributed by atoms with Gasteiger partial charge in [-0.15, -0.1) is 11.8 Å². The van der Waals surface area contributed by atoms with Gasteiger partial charge in [0.25, 0.3) is 0 Å². The lowest BCUT2D eigenvalue weighted by Crippen LogP contribution is -2.35. The minimum Gasteiger partial charge on any atom is -0.361 e. The van der Waals surface area contributed by atoms with Crippen LogP contribution in [-0.2, 0) is 23.8 Å². The summed E-state index contributed by atoms with van der Waals surface area (Å²) in [6.07, 6.45) is -1.23. The topological polar surface area (TPSA) is 57.2 Å². The monoisotopic (exact) mass is 431 g/mol. The van der Waals surface area contributed by atoms with Gasteiger partial charge in [0.1, 0.15) is 6.04 Å². The summed E-state index contributed by atoms with van der Waals surface area (Å²) in [5.41, 5.74) is 2.30. The molecule has 8 heteroatoms. The number of para-hydroxylation sites is 1. The fourth-order valence-corrected chi connectivity index (χ4v) is 4.46. The molecule has 4 nitrogen and oxygen atoms in total. The van der Waals surface area contributed by atoms with Crippen molar-refractivity contribution in [1.82, 2.24) is 10.3 Å². The summed E-state index contributed by atoms with van der Waals surface area (Å²) < 4.78 is 38.0. The molecule has 2 aromatic carbocycles. The smallest absolute Gasteiger partial charge is 0.361 e. The van der Waals surface area contributed by atoms with Crippen LogP contribution in [0.15, 0.2) is 59.7 Å². The van der Waals surface area contributed by atoms with E-state index in [-0.39, 0.29) is 5.91 Å². The molecule has 0 aliphatic carbocycles. The molecule has 0 unspecified atom stereocenters. The number of aromatic nitrogens is 1. The third-order valence-electron chi connectivity index (χ3n) is 5.02. The van der Waals surface area contributed by atoms with Crippen LogP contribution < -0.4 is 5.32 Å². The largest absolute Gasteiger partial charge is 0.416 e. The highest BCUT2D eigenvalue weighted by Gasteiger charge is 2.30. The summed E-state index contributed by atoms with van der Waals surface area (Å²) in [6, 6.07) is 12.6. The van der Waals surface area contributed by atoms with Gasteiger partial charge in [0.05, 0.1) is 10.6 Å². The Bertz CT molecular complexity index is 1070. The van der Waals surface area contributed by atoms with Crippen LogP contribution in [0.4, 0.5) is 13.2 Å².